The number of rotatable bonds is 4. The van der Waals surface area contributed by atoms with Crippen LogP contribution in [0.3, 0.4) is 0 Å². The third-order valence-corrected chi connectivity index (χ3v) is 2.73. The van der Waals surface area contributed by atoms with Gasteiger partial charge in [0.25, 0.3) is 0 Å². The quantitative estimate of drug-likeness (QED) is 0.751. The van der Waals surface area contributed by atoms with Gasteiger partial charge in [0.1, 0.15) is 5.75 Å². The Bertz CT molecular complexity index is 391. The molecule has 1 aromatic rings. The molecule has 1 aliphatic rings. The van der Waals surface area contributed by atoms with E-state index in [0.717, 1.165) is 12.0 Å². The average molecular weight is 236 g/mol. The van der Waals surface area contributed by atoms with E-state index in [0.29, 0.717) is 12.4 Å². The van der Waals surface area contributed by atoms with Crippen LogP contribution in [0.25, 0.3) is 0 Å². The molecule has 1 unspecified atom stereocenters. The molecule has 1 saturated heterocycles. The Morgan fingerprint density at radius 2 is 2.18 bits per heavy atom. The highest BCUT2D eigenvalue weighted by atomic mass is 16.5. The highest BCUT2D eigenvalue weighted by Gasteiger charge is 2.33. The largest absolute Gasteiger partial charge is 0.482 e. The molecule has 0 spiro atoms. The Hall–Kier alpha value is -1.53. The van der Waals surface area contributed by atoms with Crippen LogP contribution in [0.1, 0.15) is 17.8 Å². The minimum absolute atomic E-state index is 0.0106. The molecule has 0 radical (unpaired) electrons. The van der Waals surface area contributed by atoms with E-state index >= 15 is 0 Å². The molecule has 0 aliphatic carbocycles. The Morgan fingerprint density at radius 3 is 2.71 bits per heavy atom. The zero-order valence-corrected chi connectivity index (χ0v) is 9.20. The van der Waals surface area contributed by atoms with E-state index in [1.54, 1.807) is 12.1 Å². The lowest BCUT2D eigenvalue weighted by Crippen LogP contribution is -2.19. The third-order valence-electron chi connectivity index (χ3n) is 2.73. The molecule has 1 aromatic carbocycles. The Morgan fingerprint density at radius 1 is 1.47 bits per heavy atom. The highest BCUT2D eigenvalue weighted by molar-refractivity contribution is 6.45. The Labute approximate surface area is 99.1 Å². The molecular weight excluding hydrogens is 223 g/mol. The van der Waals surface area contributed by atoms with Crippen molar-refractivity contribution >= 4 is 13.1 Å². The van der Waals surface area contributed by atoms with Gasteiger partial charge in [-0.15, -0.1) is 0 Å². The van der Waals surface area contributed by atoms with Crippen LogP contribution in [0.15, 0.2) is 24.3 Å². The number of carbonyl (C=O) groups is 1. The fourth-order valence-electron chi connectivity index (χ4n) is 1.86. The Balaban J connectivity index is 2.00. The molecule has 1 aliphatic heterocycles. The fourth-order valence-corrected chi connectivity index (χ4v) is 1.86. The van der Waals surface area contributed by atoms with Crippen LogP contribution in [0.2, 0.25) is 0 Å². The van der Waals surface area contributed by atoms with Gasteiger partial charge >= 0.3 is 13.1 Å². The lowest BCUT2D eigenvalue weighted by molar-refractivity contribution is -0.139. The molecule has 0 aromatic heterocycles. The SMILES string of the molecule is O=C(O)COc1ccc(C2CCOB2O)cc1. The van der Waals surface area contributed by atoms with Crippen LogP contribution in [0, 0.1) is 0 Å². The maximum Gasteiger partial charge on any atom is 0.462 e. The molecule has 2 N–H and O–H groups in total. The monoisotopic (exact) mass is 236 g/mol. The van der Waals surface area contributed by atoms with Crippen molar-refractivity contribution in [3.8, 4) is 5.75 Å². The van der Waals surface area contributed by atoms with E-state index < -0.39 is 13.1 Å². The lowest BCUT2D eigenvalue weighted by Gasteiger charge is -2.10. The summed E-state index contributed by atoms with van der Waals surface area (Å²) in [5.74, 6) is -0.512. The maximum atomic E-state index is 10.3. The van der Waals surface area contributed by atoms with Crippen molar-refractivity contribution in [1.29, 1.82) is 0 Å². The van der Waals surface area contributed by atoms with Gasteiger partial charge in [-0.3, -0.25) is 0 Å². The van der Waals surface area contributed by atoms with Crippen LogP contribution in [0.4, 0.5) is 0 Å². The van der Waals surface area contributed by atoms with Gasteiger partial charge in [0, 0.05) is 12.4 Å². The lowest BCUT2D eigenvalue weighted by atomic mass is 9.69. The number of hydrogen-bond donors (Lipinski definition) is 2. The van der Waals surface area contributed by atoms with Crippen molar-refractivity contribution in [3.05, 3.63) is 29.8 Å². The number of carboxylic acids is 1. The first-order chi connectivity index (χ1) is 8.16. The second kappa shape index (κ2) is 5.20. The summed E-state index contributed by atoms with van der Waals surface area (Å²) >= 11 is 0. The van der Waals surface area contributed by atoms with Crippen molar-refractivity contribution in [2.75, 3.05) is 13.2 Å². The van der Waals surface area contributed by atoms with Crippen molar-refractivity contribution in [2.45, 2.75) is 12.2 Å². The van der Waals surface area contributed by atoms with Gasteiger partial charge in [0.2, 0.25) is 0 Å². The zero-order valence-electron chi connectivity index (χ0n) is 9.20. The summed E-state index contributed by atoms with van der Waals surface area (Å²) in [7, 11) is -0.749. The van der Waals surface area contributed by atoms with Crippen LogP contribution in [-0.4, -0.2) is 36.4 Å². The van der Waals surface area contributed by atoms with E-state index in [9.17, 15) is 9.82 Å². The fraction of sp³-hybridized carbons (Fsp3) is 0.364. The summed E-state index contributed by atoms with van der Waals surface area (Å²) in [6.45, 7) is 0.206. The molecule has 1 atom stereocenters. The van der Waals surface area contributed by atoms with Gasteiger partial charge in [-0.1, -0.05) is 12.1 Å². The molecule has 1 heterocycles. The van der Waals surface area contributed by atoms with Gasteiger partial charge in [-0.25, -0.2) is 4.79 Å². The number of aliphatic carboxylic acids is 1. The predicted molar refractivity (Wildman–Crippen MR) is 60.9 cm³/mol. The molecule has 17 heavy (non-hydrogen) atoms. The summed E-state index contributed by atoms with van der Waals surface area (Å²) in [6.07, 6.45) is 0.788. The number of carboxylic acid groups (broad SMARTS) is 1. The molecule has 1 fully saturated rings. The van der Waals surface area contributed by atoms with E-state index in [4.69, 9.17) is 14.5 Å². The van der Waals surface area contributed by atoms with Crippen LogP contribution in [0.5, 0.6) is 5.75 Å². The number of benzene rings is 1. The molecule has 90 valence electrons. The smallest absolute Gasteiger partial charge is 0.462 e. The topological polar surface area (TPSA) is 76.0 Å². The maximum absolute atomic E-state index is 10.3. The average Bonchev–Trinajstić information content (AvgIpc) is 2.73. The van der Waals surface area contributed by atoms with Crippen molar-refractivity contribution < 1.29 is 24.3 Å². The molecule has 0 bridgehead atoms. The third kappa shape index (κ3) is 2.98. The molecule has 0 amide bonds. The van der Waals surface area contributed by atoms with Gasteiger partial charge in [-0.2, -0.15) is 0 Å². The number of ether oxygens (including phenoxy) is 1. The van der Waals surface area contributed by atoms with Crippen LogP contribution >= 0.6 is 0 Å². The summed E-state index contributed by atoms with van der Waals surface area (Å²) in [4.78, 5) is 10.3. The predicted octanol–water partition coefficient (Wildman–Crippen LogP) is 0.674. The van der Waals surface area contributed by atoms with E-state index in [1.165, 1.54) is 0 Å². The first-order valence-corrected chi connectivity index (χ1v) is 5.41. The molecule has 5 nitrogen and oxygen atoms in total. The molecule has 6 heteroatoms. The van der Waals surface area contributed by atoms with Gasteiger partial charge in [0.05, 0.1) is 0 Å². The van der Waals surface area contributed by atoms with E-state index in [-0.39, 0.29) is 12.4 Å². The van der Waals surface area contributed by atoms with Gasteiger partial charge in [0.15, 0.2) is 6.61 Å². The van der Waals surface area contributed by atoms with Crippen molar-refractivity contribution in [1.82, 2.24) is 0 Å². The Kier molecular flexibility index (Phi) is 3.66. The minimum atomic E-state index is -1.01. The second-order valence-corrected chi connectivity index (χ2v) is 3.91. The van der Waals surface area contributed by atoms with Crippen LogP contribution in [-0.2, 0) is 9.45 Å². The normalized spacial score (nSPS) is 19.4. The molecule has 2 rings (SSSR count). The zero-order chi connectivity index (χ0) is 12.3. The molecular formula is C11H13BO5. The van der Waals surface area contributed by atoms with E-state index in [2.05, 4.69) is 0 Å². The summed E-state index contributed by atoms with van der Waals surface area (Å²) < 4.78 is 10.1. The van der Waals surface area contributed by atoms with Crippen LogP contribution < -0.4 is 4.74 Å². The van der Waals surface area contributed by atoms with Crippen molar-refractivity contribution in [2.24, 2.45) is 0 Å². The minimum Gasteiger partial charge on any atom is -0.482 e. The van der Waals surface area contributed by atoms with Crippen molar-refractivity contribution in [3.63, 3.8) is 0 Å². The highest BCUT2D eigenvalue weighted by Crippen LogP contribution is 2.28. The first-order valence-electron chi connectivity index (χ1n) is 5.41. The summed E-state index contributed by atoms with van der Waals surface area (Å²) in [6, 6.07) is 7.03. The van der Waals surface area contributed by atoms with Gasteiger partial charge in [-0.05, 0) is 24.1 Å². The first kappa shape index (κ1) is 11.9. The second-order valence-electron chi connectivity index (χ2n) is 3.91. The van der Waals surface area contributed by atoms with Gasteiger partial charge < -0.3 is 19.5 Å². The standard InChI is InChI=1S/C11H13BO5/c13-11(14)7-16-9-3-1-8(2-4-9)10-5-6-17-12(10)15/h1-4,10,15H,5-7H2,(H,13,14). The molecule has 0 saturated carbocycles. The summed E-state index contributed by atoms with van der Waals surface area (Å²) in [5.41, 5.74) is 0.970. The summed E-state index contributed by atoms with van der Waals surface area (Å²) in [5, 5.41) is 18.0. The number of hydrogen-bond acceptors (Lipinski definition) is 4. The van der Waals surface area contributed by atoms with E-state index in [1.807, 2.05) is 12.1 Å².